The van der Waals surface area contributed by atoms with E-state index in [1.165, 1.54) is 11.4 Å². The molecule has 2 N–H and O–H groups in total. The van der Waals surface area contributed by atoms with Gasteiger partial charge in [0.2, 0.25) is 0 Å². The second-order valence-corrected chi connectivity index (χ2v) is 4.25. The van der Waals surface area contributed by atoms with Crippen molar-refractivity contribution in [2.45, 2.75) is 25.3 Å². The number of hydrogen-bond donors (Lipinski definition) is 1. The highest BCUT2D eigenvalue weighted by molar-refractivity contribution is 7.86. The minimum atomic E-state index is -3.43. The summed E-state index contributed by atoms with van der Waals surface area (Å²) in [6.07, 6.45) is 3.02. The van der Waals surface area contributed by atoms with E-state index in [4.69, 9.17) is 5.14 Å². The van der Waals surface area contributed by atoms with Crippen molar-refractivity contribution in [1.29, 1.82) is 0 Å². The number of rotatable bonds is 2. The van der Waals surface area contributed by atoms with Crippen LogP contribution in [0.2, 0.25) is 0 Å². The molecule has 0 atom stereocenters. The van der Waals surface area contributed by atoms with Gasteiger partial charge in [0.05, 0.1) is 0 Å². The van der Waals surface area contributed by atoms with E-state index in [2.05, 4.69) is 0 Å². The lowest BCUT2D eigenvalue weighted by molar-refractivity contribution is 0.250. The van der Waals surface area contributed by atoms with E-state index in [0.29, 0.717) is 0 Å². The smallest absolute Gasteiger partial charge is 0.216 e. The molecule has 0 unspecified atom stereocenters. The molecule has 1 fully saturated rings. The average molecular weight is 164 g/mol. The third-order valence-electron chi connectivity index (χ3n) is 1.99. The molecular formula is C5H12N2O2S. The summed E-state index contributed by atoms with van der Waals surface area (Å²) in [7, 11) is -1.90. The van der Waals surface area contributed by atoms with Crippen molar-refractivity contribution in [3.63, 3.8) is 0 Å². The van der Waals surface area contributed by atoms with Crippen molar-refractivity contribution >= 4 is 10.2 Å². The lowest BCUT2D eigenvalue weighted by Gasteiger charge is -2.32. The Hall–Kier alpha value is -0.130. The predicted octanol–water partition coefficient (Wildman–Crippen LogP) is -0.326. The summed E-state index contributed by atoms with van der Waals surface area (Å²) in [4.78, 5) is 0. The fourth-order valence-corrected chi connectivity index (χ4v) is 1.58. The highest BCUT2D eigenvalue weighted by Gasteiger charge is 2.27. The van der Waals surface area contributed by atoms with Gasteiger partial charge in [-0.1, -0.05) is 6.42 Å². The van der Waals surface area contributed by atoms with Crippen LogP contribution in [0.15, 0.2) is 0 Å². The van der Waals surface area contributed by atoms with Crippen molar-refractivity contribution in [1.82, 2.24) is 4.31 Å². The highest BCUT2D eigenvalue weighted by Crippen LogP contribution is 2.24. The SMILES string of the molecule is CN(C1CCC1)S(N)(=O)=O. The lowest BCUT2D eigenvalue weighted by atomic mass is 9.94. The van der Waals surface area contributed by atoms with Crippen LogP contribution in [0, 0.1) is 0 Å². The van der Waals surface area contributed by atoms with Crippen LogP contribution in [-0.2, 0) is 10.2 Å². The van der Waals surface area contributed by atoms with Crippen LogP contribution in [0.3, 0.4) is 0 Å². The largest absolute Gasteiger partial charge is 0.276 e. The van der Waals surface area contributed by atoms with Crippen molar-refractivity contribution in [2.24, 2.45) is 5.14 Å². The maximum Gasteiger partial charge on any atom is 0.276 e. The molecule has 1 aliphatic carbocycles. The Balaban J connectivity index is 2.56. The second kappa shape index (κ2) is 2.48. The maximum absolute atomic E-state index is 10.7. The Morgan fingerprint density at radius 3 is 2.10 bits per heavy atom. The van der Waals surface area contributed by atoms with Crippen LogP contribution < -0.4 is 5.14 Å². The molecule has 0 bridgehead atoms. The molecule has 0 aliphatic heterocycles. The van der Waals surface area contributed by atoms with Gasteiger partial charge in [-0.3, -0.25) is 0 Å². The summed E-state index contributed by atoms with van der Waals surface area (Å²) in [6, 6.07) is 0.162. The monoisotopic (exact) mass is 164 g/mol. The quantitative estimate of drug-likeness (QED) is 0.607. The minimum absolute atomic E-state index is 0.162. The molecule has 5 heteroatoms. The standard InChI is InChI=1S/C5H12N2O2S/c1-7(10(6,8)9)5-3-2-4-5/h5H,2-4H2,1H3,(H2,6,8,9). The van der Waals surface area contributed by atoms with Gasteiger partial charge in [0.25, 0.3) is 10.2 Å². The van der Waals surface area contributed by atoms with Gasteiger partial charge in [0.15, 0.2) is 0 Å². The number of hydrogen-bond acceptors (Lipinski definition) is 2. The zero-order chi connectivity index (χ0) is 7.78. The Bertz CT molecular complexity index is 208. The first kappa shape index (κ1) is 7.97. The second-order valence-electron chi connectivity index (χ2n) is 2.65. The molecular weight excluding hydrogens is 152 g/mol. The van der Waals surface area contributed by atoms with Gasteiger partial charge < -0.3 is 0 Å². The van der Waals surface area contributed by atoms with Crippen LogP contribution in [0.4, 0.5) is 0 Å². The van der Waals surface area contributed by atoms with E-state index in [1.807, 2.05) is 0 Å². The number of nitrogens with zero attached hydrogens (tertiary/aromatic N) is 1. The fraction of sp³-hybridized carbons (Fsp3) is 1.00. The molecule has 0 saturated heterocycles. The van der Waals surface area contributed by atoms with Crippen LogP contribution in [0.5, 0.6) is 0 Å². The van der Waals surface area contributed by atoms with Gasteiger partial charge in [-0.15, -0.1) is 0 Å². The van der Waals surface area contributed by atoms with Gasteiger partial charge in [-0.25, -0.2) is 5.14 Å². The fourth-order valence-electron chi connectivity index (χ4n) is 0.958. The molecule has 1 saturated carbocycles. The summed E-state index contributed by atoms with van der Waals surface area (Å²) in [5.74, 6) is 0. The summed E-state index contributed by atoms with van der Waals surface area (Å²) >= 11 is 0. The Morgan fingerprint density at radius 1 is 1.50 bits per heavy atom. The first-order valence-corrected chi connectivity index (χ1v) is 4.78. The van der Waals surface area contributed by atoms with Crippen LogP contribution in [-0.4, -0.2) is 25.8 Å². The third-order valence-corrected chi connectivity index (χ3v) is 3.09. The van der Waals surface area contributed by atoms with Gasteiger partial charge in [0, 0.05) is 13.1 Å². The summed E-state index contributed by atoms with van der Waals surface area (Å²) in [5, 5.41) is 4.89. The summed E-state index contributed by atoms with van der Waals surface area (Å²) < 4.78 is 22.6. The first-order valence-electron chi connectivity index (χ1n) is 3.27. The minimum Gasteiger partial charge on any atom is -0.216 e. The number of nitrogens with two attached hydrogens (primary N) is 1. The highest BCUT2D eigenvalue weighted by atomic mass is 32.2. The molecule has 1 rings (SSSR count). The van der Waals surface area contributed by atoms with Crippen molar-refractivity contribution in [3.8, 4) is 0 Å². The van der Waals surface area contributed by atoms with Gasteiger partial charge in [-0.2, -0.15) is 12.7 Å². The van der Waals surface area contributed by atoms with Crippen LogP contribution >= 0.6 is 0 Å². The predicted molar refractivity (Wildman–Crippen MR) is 38.5 cm³/mol. The molecule has 0 spiro atoms. The van der Waals surface area contributed by atoms with Crippen molar-refractivity contribution in [2.75, 3.05) is 7.05 Å². The Morgan fingerprint density at radius 2 is 2.00 bits per heavy atom. The molecule has 10 heavy (non-hydrogen) atoms. The zero-order valence-electron chi connectivity index (χ0n) is 5.95. The summed E-state index contributed by atoms with van der Waals surface area (Å²) in [5.41, 5.74) is 0. The van der Waals surface area contributed by atoms with E-state index in [0.717, 1.165) is 19.3 Å². The van der Waals surface area contributed by atoms with E-state index in [1.54, 1.807) is 0 Å². The Labute approximate surface area is 61.2 Å². The molecule has 0 heterocycles. The molecule has 0 amide bonds. The topological polar surface area (TPSA) is 63.4 Å². The maximum atomic E-state index is 10.7. The third kappa shape index (κ3) is 1.47. The zero-order valence-corrected chi connectivity index (χ0v) is 6.76. The van der Waals surface area contributed by atoms with Crippen LogP contribution in [0.1, 0.15) is 19.3 Å². The van der Waals surface area contributed by atoms with Crippen molar-refractivity contribution in [3.05, 3.63) is 0 Å². The molecule has 0 aromatic rings. The van der Waals surface area contributed by atoms with Gasteiger partial charge in [0.1, 0.15) is 0 Å². The summed E-state index contributed by atoms with van der Waals surface area (Å²) in [6.45, 7) is 0. The molecule has 60 valence electrons. The first-order chi connectivity index (χ1) is 4.52. The molecule has 1 aliphatic rings. The average Bonchev–Trinajstić information content (AvgIpc) is 1.57. The molecule has 0 aromatic carbocycles. The molecule has 4 nitrogen and oxygen atoms in total. The van der Waals surface area contributed by atoms with Gasteiger partial charge in [-0.05, 0) is 12.8 Å². The lowest BCUT2D eigenvalue weighted by Crippen LogP contribution is -2.44. The normalized spacial score (nSPS) is 21.1. The van der Waals surface area contributed by atoms with E-state index in [-0.39, 0.29) is 6.04 Å². The van der Waals surface area contributed by atoms with Crippen LogP contribution in [0.25, 0.3) is 0 Å². The molecule has 0 aromatic heterocycles. The van der Waals surface area contributed by atoms with Crippen molar-refractivity contribution < 1.29 is 8.42 Å². The Kier molecular flexibility index (Phi) is 1.98. The van der Waals surface area contributed by atoms with Gasteiger partial charge >= 0.3 is 0 Å². The van der Waals surface area contributed by atoms with E-state index in [9.17, 15) is 8.42 Å². The van der Waals surface area contributed by atoms with E-state index >= 15 is 0 Å². The van der Waals surface area contributed by atoms with E-state index < -0.39 is 10.2 Å². The molecule has 0 radical (unpaired) electrons.